The molecule has 2 aromatic rings. The number of thiazole rings is 1. The zero-order valence-corrected chi connectivity index (χ0v) is 18.7. The van der Waals surface area contributed by atoms with Gasteiger partial charge < -0.3 is 15.2 Å². The maximum Gasteiger partial charge on any atom is 0.191 e. The number of rotatable bonds is 7. The van der Waals surface area contributed by atoms with Gasteiger partial charge in [-0.15, -0.1) is 35.3 Å². The number of guanidine groups is 1. The Morgan fingerprint density at radius 3 is 2.48 bits per heavy atom. The number of aliphatic imine (C=N–C) groups is 1. The van der Waals surface area contributed by atoms with E-state index in [1.54, 1.807) is 11.3 Å². The molecule has 2 heterocycles. The highest BCUT2D eigenvalue weighted by atomic mass is 127. The van der Waals surface area contributed by atoms with Crippen LogP contribution >= 0.6 is 35.3 Å². The Morgan fingerprint density at radius 1 is 1.16 bits per heavy atom. The van der Waals surface area contributed by atoms with E-state index < -0.39 is 0 Å². The first kappa shape index (κ1) is 21.9. The van der Waals surface area contributed by atoms with Gasteiger partial charge in [-0.05, 0) is 47.5 Å². The average molecular weight is 477 g/mol. The Balaban J connectivity index is 0.00000312. The summed E-state index contributed by atoms with van der Waals surface area (Å²) in [6.45, 7) is 12.5. The molecule has 0 bridgehead atoms. The van der Waals surface area contributed by atoms with E-state index in [-0.39, 0.29) is 24.0 Å². The van der Waals surface area contributed by atoms with E-state index in [0.717, 1.165) is 54.0 Å². The summed E-state index contributed by atoms with van der Waals surface area (Å²) in [6, 6.07) is 0. The van der Waals surface area contributed by atoms with E-state index in [9.17, 15) is 0 Å². The summed E-state index contributed by atoms with van der Waals surface area (Å²) in [5.74, 6) is 1.75. The normalized spacial score (nSPS) is 11.3. The van der Waals surface area contributed by atoms with Crippen LogP contribution in [0.2, 0.25) is 0 Å². The highest BCUT2D eigenvalue weighted by Gasteiger charge is 2.08. The van der Waals surface area contributed by atoms with Crippen molar-refractivity contribution in [2.45, 2.75) is 54.0 Å². The Labute approximate surface area is 170 Å². The molecule has 0 radical (unpaired) electrons. The summed E-state index contributed by atoms with van der Waals surface area (Å²) in [5, 5.41) is 11.7. The quantitative estimate of drug-likeness (QED) is 0.276. The Kier molecular flexibility index (Phi) is 9.41. The van der Waals surface area contributed by atoms with Gasteiger partial charge >= 0.3 is 0 Å². The molecule has 140 valence electrons. The van der Waals surface area contributed by atoms with Crippen LogP contribution in [0.3, 0.4) is 0 Å². The predicted octanol–water partition coefficient (Wildman–Crippen LogP) is 3.67. The number of nitrogens with one attached hydrogen (secondary N) is 2. The summed E-state index contributed by atoms with van der Waals surface area (Å²) in [5.41, 5.74) is 3.30. The Hall–Kier alpha value is -1.16. The Morgan fingerprint density at radius 2 is 1.92 bits per heavy atom. The molecule has 2 rings (SSSR count). The largest absolute Gasteiger partial charge is 0.361 e. The minimum absolute atomic E-state index is 0. The molecule has 2 N–H and O–H groups in total. The molecule has 0 unspecified atom stereocenters. The van der Waals surface area contributed by atoms with Crippen LogP contribution in [-0.4, -0.2) is 29.2 Å². The van der Waals surface area contributed by atoms with Crippen molar-refractivity contribution < 1.29 is 4.52 Å². The molecule has 0 aromatic carbocycles. The van der Waals surface area contributed by atoms with Crippen LogP contribution in [0.4, 0.5) is 0 Å². The maximum absolute atomic E-state index is 5.20. The molecule has 0 aliphatic rings. The van der Waals surface area contributed by atoms with Crippen LogP contribution in [-0.2, 0) is 13.0 Å². The van der Waals surface area contributed by atoms with Crippen molar-refractivity contribution in [3.05, 3.63) is 32.6 Å². The number of halogens is 1. The molecule has 0 saturated carbocycles. The van der Waals surface area contributed by atoms with Gasteiger partial charge in [0.15, 0.2) is 5.96 Å². The lowest BCUT2D eigenvalue weighted by Gasteiger charge is -2.10. The second-order valence-electron chi connectivity index (χ2n) is 5.78. The van der Waals surface area contributed by atoms with E-state index in [1.165, 1.54) is 10.4 Å². The van der Waals surface area contributed by atoms with Crippen LogP contribution in [0.15, 0.2) is 9.52 Å². The molecule has 0 aliphatic heterocycles. The maximum atomic E-state index is 5.20. The third-order valence-electron chi connectivity index (χ3n) is 3.87. The van der Waals surface area contributed by atoms with Gasteiger partial charge in [0.25, 0.3) is 0 Å². The first-order chi connectivity index (χ1) is 11.5. The number of hydrogen-bond acceptors (Lipinski definition) is 5. The first-order valence-electron chi connectivity index (χ1n) is 8.38. The fraction of sp³-hybridized carbons (Fsp3) is 0.588. The van der Waals surface area contributed by atoms with Crippen LogP contribution < -0.4 is 10.6 Å². The lowest BCUT2D eigenvalue weighted by molar-refractivity contribution is 0.392. The molecule has 2 aromatic heterocycles. The monoisotopic (exact) mass is 477 g/mol. The standard InChI is InChI=1S/C17H27N5OS.HI/c1-6-18-17(20-10-16-21-11(2)14(5)24-16)19-9-7-8-15-12(3)22-23-13(15)4;/h6-10H2,1-5H3,(H2,18,19,20);1H. The smallest absolute Gasteiger partial charge is 0.191 e. The first-order valence-corrected chi connectivity index (χ1v) is 9.19. The summed E-state index contributed by atoms with van der Waals surface area (Å²) < 4.78 is 5.20. The number of aryl methyl sites for hydroxylation is 4. The molecular weight excluding hydrogens is 449 g/mol. The van der Waals surface area contributed by atoms with Gasteiger partial charge in [-0.1, -0.05) is 5.16 Å². The van der Waals surface area contributed by atoms with Crippen LogP contribution in [0, 0.1) is 27.7 Å². The second-order valence-corrected chi connectivity index (χ2v) is 7.07. The predicted molar refractivity (Wildman–Crippen MR) is 114 cm³/mol. The van der Waals surface area contributed by atoms with Gasteiger partial charge in [0.2, 0.25) is 0 Å². The lowest BCUT2D eigenvalue weighted by Crippen LogP contribution is -2.37. The molecule has 0 fully saturated rings. The average Bonchev–Trinajstić information content (AvgIpc) is 3.04. The van der Waals surface area contributed by atoms with Gasteiger partial charge in [-0.2, -0.15) is 0 Å². The number of hydrogen-bond donors (Lipinski definition) is 2. The molecule has 0 spiro atoms. The summed E-state index contributed by atoms with van der Waals surface area (Å²) in [4.78, 5) is 10.4. The Bertz CT molecular complexity index is 656. The van der Waals surface area contributed by atoms with E-state index in [4.69, 9.17) is 4.52 Å². The fourth-order valence-electron chi connectivity index (χ4n) is 2.43. The molecule has 25 heavy (non-hydrogen) atoms. The SMILES string of the molecule is CCNC(=NCc1nc(C)c(C)s1)NCCCc1c(C)noc1C.I. The van der Waals surface area contributed by atoms with E-state index in [1.807, 2.05) is 20.8 Å². The highest BCUT2D eigenvalue weighted by molar-refractivity contribution is 14.0. The van der Waals surface area contributed by atoms with Crippen LogP contribution in [0.5, 0.6) is 0 Å². The van der Waals surface area contributed by atoms with Gasteiger partial charge in [-0.25, -0.2) is 9.98 Å². The number of aromatic nitrogens is 2. The van der Waals surface area contributed by atoms with Crippen LogP contribution in [0.1, 0.15) is 45.9 Å². The van der Waals surface area contributed by atoms with Crippen molar-refractivity contribution in [1.82, 2.24) is 20.8 Å². The van der Waals surface area contributed by atoms with Crippen molar-refractivity contribution in [3.8, 4) is 0 Å². The summed E-state index contributed by atoms with van der Waals surface area (Å²) in [6.07, 6.45) is 1.96. The molecule has 0 amide bonds. The van der Waals surface area contributed by atoms with Crippen molar-refractivity contribution in [2.75, 3.05) is 13.1 Å². The number of nitrogens with zero attached hydrogens (tertiary/aromatic N) is 3. The zero-order valence-electron chi connectivity index (χ0n) is 15.6. The lowest BCUT2D eigenvalue weighted by atomic mass is 10.1. The van der Waals surface area contributed by atoms with Crippen molar-refractivity contribution in [1.29, 1.82) is 0 Å². The van der Waals surface area contributed by atoms with Gasteiger partial charge in [0.1, 0.15) is 10.8 Å². The zero-order chi connectivity index (χ0) is 17.5. The van der Waals surface area contributed by atoms with E-state index >= 15 is 0 Å². The molecule has 0 atom stereocenters. The summed E-state index contributed by atoms with van der Waals surface area (Å²) in [7, 11) is 0. The highest BCUT2D eigenvalue weighted by Crippen LogP contribution is 2.17. The molecule has 8 heteroatoms. The van der Waals surface area contributed by atoms with Gasteiger partial charge in [-0.3, -0.25) is 0 Å². The van der Waals surface area contributed by atoms with Crippen molar-refractivity contribution in [2.24, 2.45) is 4.99 Å². The third kappa shape index (κ3) is 6.58. The minimum Gasteiger partial charge on any atom is -0.361 e. The van der Waals surface area contributed by atoms with E-state index in [0.29, 0.717) is 6.54 Å². The van der Waals surface area contributed by atoms with Crippen LogP contribution in [0.25, 0.3) is 0 Å². The van der Waals surface area contributed by atoms with Gasteiger partial charge in [0, 0.05) is 23.5 Å². The van der Waals surface area contributed by atoms with Crippen molar-refractivity contribution in [3.63, 3.8) is 0 Å². The van der Waals surface area contributed by atoms with Crippen molar-refractivity contribution >= 4 is 41.3 Å². The molecule has 0 saturated heterocycles. The molecular formula is C17H28IN5OS. The summed E-state index contributed by atoms with van der Waals surface area (Å²) >= 11 is 1.71. The molecule has 0 aliphatic carbocycles. The topological polar surface area (TPSA) is 75.3 Å². The minimum atomic E-state index is 0. The van der Waals surface area contributed by atoms with Gasteiger partial charge in [0.05, 0.1) is 17.9 Å². The third-order valence-corrected chi connectivity index (χ3v) is 4.92. The van der Waals surface area contributed by atoms with E-state index in [2.05, 4.69) is 39.6 Å². The fourth-order valence-corrected chi connectivity index (χ4v) is 3.28. The molecule has 6 nitrogen and oxygen atoms in total. The second kappa shape index (κ2) is 10.7.